The Morgan fingerprint density at radius 1 is 1.21 bits per heavy atom. The molecule has 1 N–H and O–H groups in total. The summed E-state index contributed by atoms with van der Waals surface area (Å²) < 4.78 is 0. The number of benzene rings is 1. The maximum Gasteiger partial charge on any atom is 0.169 e. The molecule has 0 bridgehead atoms. The smallest absolute Gasteiger partial charge is 0.169 e. The fourth-order valence-electron chi connectivity index (χ4n) is 3.33. The molecule has 0 radical (unpaired) electrons. The van der Waals surface area contributed by atoms with Crippen LogP contribution in [0.4, 0.5) is 0 Å². The van der Waals surface area contributed by atoms with Crippen molar-refractivity contribution in [3.8, 4) is 0 Å². The molecule has 1 aromatic carbocycles. The van der Waals surface area contributed by atoms with E-state index in [9.17, 15) is 4.79 Å². The first-order chi connectivity index (χ1) is 8.78. The standard InChI is InChI=1S/C16H18ClNO/c1-15(2)14(16(15,3)4)13(19)10-8-18-12-9(10)6-5-7-11(12)17/h5-8,14,18H,1-4H3. The Bertz CT molecular complexity index is 667. The van der Waals surface area contributed by atoms with E-state index in [4.69, 9.17) is 11.6 Å². The molecule has 0 atom stereocenters. The van der Waals surface area contributed by atoms with Gasteiger partial charge in [-0.15, -0.1) is 0 Å². The van der Waals surface area contributed by atoms with E-state index in [1.54, 1.807) is 6.20 Å². The number of nitrogens with one attached hydrogen (secondary N) is 1. The number of rotatable bonds is 2. The number of carbonyl (C=O) groups excluding carboxylic acids is 1. The van der Waals surface area contributed by atoms with Crippen LogP contribution in [0.3, 0.4) is 0 Å². The number of para-hydroxylation sites is 1. The van der Waals surface area contributed by atoms with Crippen LogP contribution in [-0.4, -0.2) is 10.8 Å². The Kier molecular flexibility index (Phi) is 2.44. The number of ketones is 1. The van der Waals surface area contributed by atoms with E-state index in [2.05, 4.69) is 32.7 Å². The summed E-state index contributed by atoms with van der Waals surface area (Å²) in [7, 11) is 0. The van der Waals surface area contributed by atoms with Crippen molar-refractivity contribution in [2.45, 2.75) is 27.7 Å². The maximum atomic E-state index is 12.8. The molecular weight excluding hydrogens is 258 g/mol. The second kappa shape index (κ2) is 3.63. The lowest BCUT2D eigenvalue weighted by Gasteiger charge is -2.03. The van der Waals surface area contributed by atoms with Gasteiger partial charge in [-0.3, -0.25) is 4.79 Å². The second-order valence-electron chi connectivity index (χ2n) is 6.61. The summed E-state index contributed by atoms with van der Waals surface area (Å²) in [5, 5.41) is 1.59. The lowest BCUT2D eigenvalue weighted by molar-refractivity contribution is 0.0947. The third kappa shape index (κ3) is 1.53. The topological polar surface area (TPSA) is 32.9 Å². The number of H-pyrrole nitrogens is 1. The van der Waals surface area contributed by atoms with Gasteiger partial charge in [0.15, 0.2) is 5.78 Å². The third-order valence-corrected chi connectivity index (χ3v) is 5.53. The third-order valence-electron chi connectivity index (χ3n) is 5.21. The molecule has 1 aliphatic carbocycles. The van der Waals surface area contributed by atoms with Crippen molar-refractivity contribution < 1.29 is 4.79 Å². The molecule has 0 unspecified atom stereocenters. The maximum absolute atomic E-state index is 12.8. The van der Waals surface area contributed by atoms with E-state index in [1.807, 2.05) is 18.2 Å². The highest BCUT2D eigenvalue weighted by Crippen LogP contribution is 2.69. The van der Waals surface area contributed by atoms with Crippen LogP contribution in [0.5, 0.6) is 0 Å². The van der Waals surface area contributed by atoms with Gasteiger partial charge < -0.3 is 4.98 Å². The molecule has 3 heteroatoms. The van der Waals surface area contributed by atoms with Crippen LogP contribution in [0.15, 0.2) is 24.4 Å². The second-order valence-corrected chi connectivity index (χ2v) is 7.01. The number of carbonyl (C=O) groups is 1. The minimum atomic E-state index is 0.0618. The quantitative estimate of drug-likeness (QED) is 0.793. The molecule has 100 valence electrons. The fraction of sp³-hybridized carbons (Fsp3) is 0.438. The van der Waals surface area contributed by atoms with Crippen LogP contribution >= 0.6 is 11.6 Å². The summed E-state index contributed by atoms with van der Waals surface area (Å²) in [6.45, 7) is 8.66. The molecule has 2 aromatic rings. The summed E-state index contributed by atoms with van der Waals surface area (Å²) >= 11 is 6.14. The largest absolute Gasteiger partial charge is 0.359 e. The van der Waals surface area contributed by atoms with E-state index in [1.165, 1.54) is 0 Å². The van der Waals surface area contributed by atoms with Crippen LogP contribution < -0.4 is 0 Å². The van der Waals surface area contributed by atoms with Crippen LogP contribution in [0, 0.1) is 16.7 Å². The molecule has 0 spiro atoms. The van der Waals surface area contributed by atoms with Gasteiger partial charge in [-0.05, 0) is 16.9 Å². The average molecular weight is 276 g/mol. The number of aromatic amines is 1. The fourth-order valence-corrected chi connectivity index (χ4v) is 3.56. The lowest BCUT2D eigenvalue weighted by Crippen LogP contribution is -2.06. The summed E-state index contributed by atoms with van der Waals surface area (Å²) in [6, 6.07) is 5.67. The Labute approximate surface area is 118 Å². The van der Waals surface area contributed by atoms with Gasteiger partial charge in [0.1, 0.15) is 0 Å². The molecule has 1 fully saturated rings. The van der Waals surface area contributed by atoms with Crippen LogP contribution in [0.2, 0.25) is 5.02 Å². The van der Waals surface area contributed by atoms with E-state index in [0.29, 0.717) is 5.02 Å². The summed E-state index contributed by atoms with van der Waals surface area (Å²) in [6.07, 6.45) is 1.80. The van der Waals surface area contributed by atoms with E-state index in [0.717, 1.165) is 16.5 Å². The zero-order valence-electron chi connectivity index (χ0n) is 11.7. The summed E-state index contributed by atoms with van der Waals surface area (Å²) in [5.74, 6) is 0.307. The molecule has 1 aliphatic rings. The first kappa shape index (κ1) is 12.7. The highest BCUT2D eigenvalue weighted by atomic mass is 35.5. The van der Waals surface area contributed by atoms with E-state index >= 15 is 0 Å². The zero-order chi connectivity index (χ0) is 14.0. The van der Waals surface area contributed by atoms with Crippen molar-refractivity contribution in [2.24, 2.45) is 16.7 Å². The van der Waals surface area contributed by atoms with Gasteiger partial charge in [-0.2, -0.15) is 0 Å². The number of aromatic nitrogens is 1. The van der Waals surface area contributed by atoms with Crippen molar-refractivity contribution in [3.05, 3.63) is 35.0 Å². The van der Waals surface area contributed by atoms with Gasteiger partial charge in [0.2, 0.25) is 0 Å². The van der Waals surface area contributed by atoms with Gasteiger partial charge in [0.25, 0.3) is 0 Å². The summed E-state index contributed by atoms with van der Waals surface area (Å²) in [4.78, 5) is 15.9. The molecule has 3 rings (SSSR count). The minimum Gasteiger partial charge on any atom is -0.359 e. The molecule has 2 nitrogen and oxygen atoms in total. The average Bonchev–Trinajstić information content (AvgIpc) is 2.66. The van der Waals surface area contributed by atoms with Gasteiger partial charge in [0.05, 0.1) is 10.5 Å². The van der Waals surface area contributed by atoms with Gasteiger partial charge in [-0.1, -0.05) is 51.4 Å². The number of halogens is 1. The molecule has 0 aliphatic heterocycles. The highest BCUT2D eigenvalue weighted by Gasteiger charge is 2.68. The van der Waals surface area contributed by atoms with Crippen molar-refractivity contribution in [1.82, 2.24) is 4.98 Å². The van der Waals surface area contributed by atoms with Gasteiger partial charge in [0, 0.05) is 23.1 Å². The minimum absolute atomic E-state index is 0.0618. The number of hydrogen-bond donors (Lipinski definition) is 1. The van der Waals surface area contributed by atoms with Gasteiger partial charge in [-0.25, -0.2) is 0 Å². The molecule has 0 saturated heterocycles. The first-order valence-corrected chi connectivity index (χ1v) is 6.96. The molecule has 1 heterocycles. The molecule has 1 saturated carbocycles. The van der Waals surface area contributed by atoms with E-state index < -0.39 is 0 Å². The number of fused-ring (bicyclic) bond motifs is 1. The SMILES string of the molecule is CC1(C)C(C(=O)c2c[nH]c3c(Cl)cccc23)C1(C)C. The molecule has 0 amide bonds. The highest BCUT2D eigenvalue weighted by molar-refractivity contribution is 6.35. The first-order valence-electron chi connectivity index (χ1n) is 6.58. The van der Waals surface area contributed by atoms with Crippen LogP contribution in [0.25, 0.3) is 10.9 Å². The predicted molar refractivity (Wildman–Crippen MR) is 78.7 cm³/mol. The Balaban J connectivity index is 2.08. The van der Waals surface area contributed by atoms with Crippen molar-refractivity contribution in [3.63, 3.8) is 0 Å². The Hall–Kier alpha value is -1.28. The van der Waals surface area contributed by atoms with E-state index in [-0.39, 0.29) is 22.5 Å². The number of Topliss-reactive ketones (excluding diaryl/α,β-unsaturated/α-hetero) is 1. The van der Waals surface area contributed by atoms with Crippen LogP contribution in [0.1, 0.15) is 38.1 Å². The summed E-state index contributed by atoms with van der Waals surface area (Å²) in [5.41, 5.74) is 1.74. The Morgan fingerprint density at radius 3 is 2.42 bits per heavy atom. The number of hydrogen-bond acceptors (Lipinski definition) is 1. The van der Waals surface area contributed by atoms with Crippen molar-refractivity contribution >= 4 is 28.3 Å². The lowest BCUT2D eigenvalue weighted by atomic mass is 10.0. The molecular formula is C16H18ClNO. The predicted octanol–water partition coefficient (Wildman–Crippen LogP) is 4.69. The van der Waals surface area contributed by atoms with Crippen molar-refractivity contribution in [1.29, 1.82) is 0 Å². The zero-order valence-corrected chi connectivity index (χ0v) is 12.4. The van der Waals surface area contributed by atoms with Crippen molar-refractivity contribution in [2.75, 3.05) is 0 Å². The Morgan fingerprint density at radius 2 is 1.84 bits per heavy atom. The normalized spacial score (nSPS) is 20.7. The van der Waals surface area contributed by atoms with Gasteiger partial charge >= 0.3 is 0 Å². The van der Waals surface area contributed by atoms with Crippen LogP contribution in [-0.2, 0) is 0 Å². The monoisotopic (exact) mass is 275 g/mol. The molecule has 1 aromatic heterocycles. The molecule has 19 heavy (non-hydrogen) atoms.